The van der Waals surface area contributed by atoms with Gasteiger partial charge in [-0.05, 0) is 61.1 Å². The van der Waals surface area contributed by atoms with Crippen molar-refractivity contribution in [3.05, 3.63) is 109 Å². The van der Waals surface area contributed by atoms with Crippen molar-refractivity contribution >= 4 is 65.8 Å². The summed E-state index contributed by atoms with van der Waals surface area (Å²) in [5.41, 5.74) is 6.89. The molecule has 0 fully saturated rings. The van der Waals surface area contributed by atoms with Crippen molar-refractivity contribution in [2.45, 2.75) is 20.7 Å². The molecule has 0 aliphatic carbocycles. The van der Waals surface area contributed by atoms with Gasteiger partial charge in [0.25, 0.3) is 0 Å². The van der Waals surface area contributed by atoms with Crippen molar-refractivity contribution in [2.24, 2.45) is 0 Å². The normalized spacial score (nSPS) is 13.3. The SMILES string of the molecule is CC(=O)/C=C(/C)O.[2H]C([2H])([2H])c1ccc(-c2[c-]cc3c(c2)c2cccc4c5ccc6oc7ccccc7c6c5n3c24)nc1.[Ir]. The number of pyridine rings is 1. The standard InChI is InChI=1S/C30H17N2O.C5H8O2.Ir/c1-17-9-12-24(31-16-17)18-10-13-25-23(15-18)20-7-4-6-19-21-11-14-27-28(30(21)32(25)29(19)20)22-5-2-3-8-26(22)33-27;1-4(6)3-5(2)7;/h2-9,11-16H,1H3;3,6H,1-2H3;/q-1;;/b;4-3-;/i1D3;;. The van der Waals surface area contributed by atoms with Crippen LogP contribution in [-0.4, -0.2) is 20.3 Å². The molecule has 203 valence electrons. The van der Waals surface area contributed by atoms with Crippen molar-refractivity contribution in [2.75, 3.05) is 0 Å². The molecule has 41 heavy (non-hydrogen) atoms. The average Bonchev–Trinajstić information content (AvgIpc) is 3.62. The molecule has 4 heterocycles. The maximum Gasteiger partial charge on any atom is 0.155 e. The number of furan rings is 1. The second-order valence-corrected chi connectivity index (χ2v) is 9.94. The summed E-state index contributed by atoms with van der Waals surface area (Å²) < 4.78 is 31.4. The molecule has 0 spiro atoms. The first-order valence-corrected chi connectivity index (χ1v) is 12.9. The van der Waals surface area contributed by atoms with Crippen LogP contribution < -0.4 is 0 Å². The number of rotatable bonds is 2. The monoisotopic (exact) mass is 717 g/mol. The van der Waals surface area contributed by atoms with E-state index < -0.39 is 6.85 Å². The molecule has 0 bridgehead atoms. The van der Waals surface area contributed by atoms with Crippen LogP contribution in [0, 0.1) is 12.9 Å². The molecule has 0 saturated heterocycles. The van der Waals surface area contributed by atoms with Gasteiger partial charge in [-0.2, -0.15) is 0 Å². The number of nitrogens with zero attached hydrogens (tertiary/aromatic N) is 2. The fraction of sp³-hybridized carbons (Fsp3) is 0.0857. The van der Waals surface area contributed by atoms with E-state index in [1.165, 1.54) is 42.4 Å². The molecule has 1 N–H and O–H groups in total. The van der Waals surface area contributed by atoms with Crippen LogP contribution in [-0.2, 0) is 24.9 Å². The first-order valence-electron chi connectivity index (χ1n) is 14.4. The van der Waals surface area contributed by atoms with Crippen molar-refractivity contribution in [1.82, 2.24) is 9.38 Å². The van der Waals surface area contributed by atoms with Gasteiger partial charge in [0.2, 0.25) is 0 Å². The molecular formula is C35H25IrN2O3-. The number of aliphatic hydroxyl groups is 1. The minimum Gasteiger partial charge on any atom is -0.512 e. The molecule has 0 unspecified atom stereocenters. The summed E-state index contributed by atoms with van der Waals surface area (Å²) in [5, 5.41) is 15.2. The van der Waals surface area contributed by atoms with Crippen LogP contribution in [0.5, 0.6) is 0 Å². The van der Waals surface area contributed by atoms with Crippen molar-refractivity contribution < 1.29 is 38.5 Å². The van der Waals surface area contributed by atoms with Gasteiger partial charge in [-0.25, -0.2) is 0 Å². The molecule has 0 aliphatic rings. The zero-order chi connectivity index (χ0) is 30.0. The molecule has 5 nitrogen and oxygen atoms in total. The van der Waals surface area contributed by atoms with Gasteiger partial charge in [0.05, 0.1) is 22.2 Å². The second-order valence-electron chi connectivity index (χ2n) is 9.94. The molecule has 6 heteroatoms. The van der Waals surface area contributed by atoms with Gasteiger partial charge in [0, 0.05) is 52.6 Å². The van der Waals surface area contributed by atoms with Crippen LogP contribution in [0.15, 0.2) is 101 Å². The number of carbonyl (C=O) groups is 1. The number of para-hydroxylation sites is 2. The molecule has 8 aromatic rings. The number of aryl methyl sites for hydroxylation is 1. The minimum absolute atomic E-state index is 0. The van der Waals surface area contributed by atoms with Crippen LogP contribution in [0.2, 0.25) is 0 Å². The summed E-state index contributed by atoms with van der Waals surface area (Å²) in [5.74, 6) is -0.0625. The number of fused-ring (bicyclic) bond motifs is 10. The van der Waals surface area contributed by atoms with Crippen molar-refractivity contribution in [3.63, 3.8) is 0 Å². The molecule has 8 rings (SSSR count). The van der Waals surface area contributed by atoms with E-state index >= 15 is 0 Å². The van der Waals surface area contributed by atoms with E-state index in [4.69, 9.17) is 13.6 Å². The molecule has 0 amide bonds. The summed E-state index contributed by atoms with van der Waals surface area (Å²) >= 11 is 0. The third-order valence-electron chi connectivity index (χ3n) is 7.20. The van der Waals surface area contributed by atoms with Crippen LogP contribution in [0.1, 0.15) is 23.5 Å². The van der Waals surface area contributed by atoms with Gasteiger partial charge in [0.1, 0.15) is 11.2 Å². The van der Waals surface area contributed by atoms with Gasteiger partial charge in [-0.1, -0.05) is 53.9 Å². The van der Waals surface area contributed by atoms with Gasteiger partial charge >= 0.3 is 0 Å². The fourth-order valence-corrected chi connectivity index (χ4v) is 5.70. The second kappa shape index (κ2) is 10.2. The number of carbonyl (C=O) groups excluding carboxylic acids is 1. The topological polar surface area (TPSA) is 67.7 Å². The Labute approximate surface area is 253 Å². The first-order chi connectivity index (χ1) is 20.6. The number of benzene rings is 4. The quantitative estimate of drug-likeness (QED) is 0.110. The molecule has 1 radical (unpaired) electrons. The number of ketones is 1. The van der Waals surface area contributed by atoms with E-state index in [9.17, 15) is 4.79 Å². The minimum atomic E-state index is -2.17. The van der Waals surface area contributed by atoms with E-state index in [-0.39, 0.29) is 37.2 Å². The maximum absolute atomic E-state index is 10.0. The van der Waals surface area contributed by atoms with E-state index in [1.54, 1.807) is 12.1 Å². The zero-order valence-electron chi connectivity index (χ0n) is 25.2. The number of aromatic nitrogens is 2. The van der Waals surface area contributed by atoms with Crippen LogP contribution in [0.4, 0.5) is 0 Å². The number of allylic oxidation sites excluding steroid dienone is 2. The average molecular weight is 717 g/mol. The maximum atomic E-state index is 10.0. The molecule has 0 saturated carbocycles. The predicted octanol–water partition coefficient (Wildman–Crippen LogP) is 8.94. The van der Waals surface area contributed by atoms with Gasteiger partial charge < -0.3 is 18.9 Å². The van der Waals surface area contributed by atoms with Crippen LogP contribution in [0.3, 0.4) is 0 Å². The van der Waals surface area contributed by atoms with Gasteiger partial charge in [-0.15, -0.1) is 23.8 Å². The summed E-state index contributed by atoms with van der Waals surface area (Å²) in [6, 6.07) is 29.7. The van der Waals surface area contributed by atoms with Crippen LogP contribution >= 0.6 is 0 Å². The van der Waals surface area contributed by atoms with Crippen molar-refractivity contribution in [3.8, 4) is 11.3 Å². The predicted molar refractivity (Wildman–Crippen MR) is 162 cm³/mol. The molecule has 0 aliphatic heterocycles. The number of aliphatic hydroxyl groups excluding tert-OH is 1. The Morgan fingerprint density at radius 1 is 0.927 bits per heavy atom. The Bertz CT molecular complexity index is 2380. The van der Waals surface area contributed by atoms with E-state index in [1.807, 2.05) is 24.3 Å². The summed E-state index contributed by atoms with van der Waals surface area (Å²) in [6.45, 7) is 0.678. The van der Waals surface area contributed by atoms with Crippen molar-refractivity contribution in [1.29, 1.82) is 0 Å². The van der Waals surface area contributed by atoms with Crippen LogP contribution in [0.25, 0.3) is 71.3 Å². The summed E-state index contributed by atoms with van der Waals surface area (Å²) in [6.07, 6.45) is 2.60. The smallest absolute Gasteiger partial charge is 0.155 e. The van der Waals surface area contributed by atoms with Gasteiger partial charge in [-0.3, -0.25) is 4.79 Å². The molecular weight excluding hydrogens is 689 g/mol. The summed E-state index contributed by atoms with van der Waals surface area (Å²) in [7, 11) is 0. The van der Waals surface area contributed by atoms with E-state index in [2.05, 4.69) is 57.9 Å². The Kier molecular flexibility index (Phi) is 5.75. The van der Waals surface area contributed by atoms with E-state index in [0.29, 0.717) is 5.69 Å². The third kappa shape index (κ3) is 4.28. The Morgan fingerprint density at radius 3 is 2.39 bits per heavy atom. The Morgan fingerprint density at radius 2 is 1.68 bits per heavy atom. The molecule has 0 atom stereocenters. The Hall–Kier alpha value is -4.51. The zero-order valence-corrected chi connectivity index (χ0v) is 24.5. The number of hydrogen-bond donors (Lipinski definition) is 1. The number of hydrogen-bond acceptors (Lipinski definition) is 4. The van der Waals surface area contributed by atoms with Gasteiger partial charge in [0.15, 0.2) is 5.78 Å². The summed E-state index contributed by atoms with van der Waals surface area (Å²) in [4.78, 5) is 14.5. The first kappa shape index (κ1) is 23.2. The third-order valence-corrected chi connectivity index (χ3v) is 7.20. The Balaban J connectivity index is 0.000000388. The van der Waals surface area contributed by atoms with E-state index in [0.717, 1.165) is 49.3 Å². The molecule has 4 aromatic heterocycles. The fourth-order valence-electron chi connectivity index (χ4n) is 5.70. The molecule has 4 aromatic carbocycles. The largest absolute Gasteiger partial charge is 0.512 e.